The van der Waals surface area contributed by atoms with Crippen LogP contribution in [0.2, 0.25) is 30.8 Å². The van der Waals surface area contributed by atoms with Crippen LogP contribution in [-0.4, -0.2) is 79.5 Å². The molecule has 0 bridgehead atoms. The van der Waals surface area contributed by atoms with Crippen LogP contribution in [0, 0.1) is 11.6 Å². The number of ether oxygens (including phenoxy) is 3. The van der Waals surface area contributed by atoms with E-state index in [0.717, 1.165) is 18.2 Å². The number of rotatable bonds is 13. The highest BCUT2D eigenvalue weighted by atomic mass is 35.5. The lowest BCUT2D eigenvalue weighted by Gasteiger charge is -2.34. The number of likely N-dealkylation sites (tertiary alicyclic amines) is 1. The summed E-state index contributed by atoms with van der Waals surface area (Å²) in [5.74, 6) is -3.24. The third-order valence-electron chi connectivity index (χ3n) is 8.85. The molecule has 54 heavy (non-hydrogen) atoms. The molecule has 0 unspecified atom stereocenters. The SMILES string of the molecule is CC(C)(C)OC(=O)N[C@@H](Cc1cc(F)c(Oc2cc(Cl)nc3c2ccn3COCC[Si](C)(C)C)c(F)c1)C(=O)N1CCC(S(=O)(=O)c2ccccc2)CC1. The maximum atomic E-state index is 15.7. The van der Waals surface area contributed by atoms with Crippen LogP contribution in [0.5, 0.6) is 11.5 Å². The van der Waals surface area contributed by atoms with E-state index in [1.54, 1.807) is 67.9 Å². The van der Waals surface area contributed by atoms with Crippen LogP contribution >= 0.6 is 11.6 Å². The molecule has 1 atom stereocenters. The maximum Gasteiger partial charge on any atom is 0.408 e. The molecule has 2 amide bonds. The lowest BCUT2D eigenvalue weighted by Crippen LogP contribution is -2.53. The molecule has 4 aromatic rings. The van der Waals surface area contributed by atoms with Crippen LogP contribution in [0.1, 0.15) is 39.2 Å². The Labute approximate surface area is 320 Å². The second-order valence-electron chi connectivity index (χ2n) is 15.6. The molecule has 0 aliphatic carbocycles. The molecule has 0 radical (unpaired) electrons. The number of halogens is 3. The first kappa shape index (κ1) is 41.1. The zero-order valence-corrected chi connectivity index (χ0v) is 33.9. The summed E-state index contributed by atoms with van der Waals surface area (Å²) < 4.78 is 76.5. The maximum absolute atomic E-state index is 15.7. The average molecular weight is 805 g/mol. The van der Waals surface area contributed by atoms with Gasteiger partial charge < -0.3 is 29.0 Å². The Morgan fingerprint density at radius 2 is 1.69 bits per heavy atom. The minimum absolute atomic E-state index is 0.0493. The van der Waals surface area contributed by atoms with Crippen LogP contribution in [0.15, 0.2) is 65.7 Å². The number of sulfone groups is 1. The number of pyridine rings is 1. The van der Waals surface area contributed by atoms with Crippen LogP contribution < -0.4 is 10.1 Å². The summed E-state index contributed by atoms with van der Waals surface area (Å²) in [6, 6.07) is 12.9. The van der Waals surface area contributed by atoms with E-state index < -0.39 is 64.2 Å². The summed E-state index contributed by atoms with van der Waals surface area (Å²) >= 11 is 6.30. The van der Waals surface area contributed by atoms with E-state index in [2.05, 4.69) is 29.9 Å². The molecule has 292 valence electrons. The van der Waals surface area contributed by atoms with Gasteiger partial charge in [0, 0.05) is 46.5 Å². The first-order chi connectivity index (χ1) is 25.3. The van der Waals surface area contributed by atoms with Crippen molar-refractivity contribution in [2.75, 3.05) is 19.7 Å². The minimum Gasteiger partial charge on any atom is -0.450 e. The lowest BCUT2D eigenvalue weighted by molar-refractivity contribution is -0.134. The summed E-state index contributed by atoms with van der Waals surface area (Å²) in [7, 11) is -4.91. The van der Waals surface area contributed by atoms with Crippen molar-refractivity contribution in [3.8, 4) is 11.5 Å². The molecule has 1 fully saturated rings. The molecule has 11 nitrogen and oxygen atoms in total. The van der Waals surface area contributed by atoms with Crippen molar-refractivity contribution in [1.29, 1.82) is 0 Å². The predicted octanol–water partition coefficient (Wildman–Crippen LogP) is 7.97. The van der Waals surface area contributed by atoms with Gasteiger partial charge >= 0.3 is 6.09 Å². The van der Waals surface area contributed by atoms with Gasteiger partial charge in [-0.1, -0.05) is 49.4 Å². The molecule has 1 saturated heterocycles. The monoisotopic (exact) mass is 804 g/mol. The van der Waals surface area contributed by atoms with Gasteiger partial charge in [0.05, 0.1) is 15.5 Å². The number of hydrogen-bond donors (Lipinski definition) is 1. The predicted molar refractivity (Wildman–Crippen MR) is 205 cm³/mol. The van der Waals surface area contributed by atoms with Crippen molar-refractivity contribution in [3.05, 3.63) is 83.1 Å². The Hall–Kier alpha value is -4.05. The topological polar surface area (TPSA) is 129 Å². The fourth-order valence-corrected chi connectivity index (χ4v) is 8.75. The Morgan fingerprint density at radius 1 is 1.04 bits per heavy atom. The Morgan fingerprint density at radius 3 is 2.30 bits per heavy atom. The van der Waals surface area contributed by atoms with Crippen LogP contribution in [0.3, 0.4) is 0 Å². The summed E-state index contributed by atoms with van der Waals surface area (Å²) in [6.45, 7) is 12.7. The van der Waals surface area contributed by atoms with Crippen LogP contribution in [0.25, 0.3) is 11.0 Å². The smallest absolute Gasteiger partial charge is 0.408 e. The Bertz CT molecular complexity index is 2060. The average Bonchev–Trinajstić information content (AvgIpc) is 3.49. The van der Waals surface area contributed by atoms with E-state index in [1.807, 2.05) is 0 Å². The third-order valence-corrected chi connectivity index (χ3v) is 13.0. The molecule has 5 rings (SSSR count). The summed E-state index contributed by atoms with van der Waals surface area (Å²) in [6.07, 6.45) is 0.901. The van der Waals surface area contributed by atoms with Gasteiger partial charge in [0.15, 0.2) is 27.2 Å². The Kier molecular flexibility index (Phi) is 12.8. The highest BCUT2D eigenvalue weighted by molar-refractivity contribution is 7.92. The standard InChI is InChI=1S/C38H47ClF2N4O7SSi/c1-38(2,3)52-37(47)42-31(36(46)44-15-12-27(13-16-44)53(48,49)26-10-8-7-9-11-26)22-25-20-29(40)34(30(41)21-25)51-32-23-33(39)43-35-28(32)14-17-45(35)24-50-18-19-54(4,5)6/h7-11,14,17,20-21,23,27,31H,12-13,15-16,18-19,22,24H2,1-6H3,(H,42,47)/t31-/m0/s1. The van der Waals surface area contributed by atoms with E-state index in [1.165, 1.54) is 11.0 Å². The van der Waals surface area contributed by atoms with Crippen LogP contribution in [-0.2, 0) is 37.3 Å². The van der Waals surface area contributed by atoms with Gasteiger partial charge in [0.2, 0.25) is 5.91 Å². The van der Waals surface area contributed by atoms with Crippen LogP contribution in [0.4, 0.5) is 13.6 Å². The molecule has 0 saturated carbocycles. The first-order valence-electron chi connectivity index (χ1n) is 17.8. The number of fused-ring (bicyclic) bond motifs is 1. The number of carbonyl (C=O) groups excluding carboxylic acids is 2. The number of piperidine rings is 1. The molecular weight excluding hydrogens is 758 g/mol. The normalized spacial score (nSPS) is 14.9. The van der Waals surface area contributed by atoms with Gasteiger partial charge in [-0.05, 0) is 75.6 Å². The fraction of sp³-hybridized carbons (Fsp3) is 0.447. The Balaban J connectivity index is 1.33. The minimum atomic E-state index is -3.62. The highest BCUT2D eigenvalue weighted by Crippen LogP contribution is 2.35. The molecule has 3 heterocycles. The van der Waals surface area contributed by atoms with Gasteiger partial charge in [-0.25, -0.2) is 27.0 Å². The number of alkyl carbamates (subject to hydrolysis) is 1. The number of benzene rings is 2. The molecule has 2 aromatic carbocycles. The van der Waals surface area contributed by atoms with Gasteiger partial charge in [0.1, 0.15) is 34.9 Å². The van der Waals surface area contributed by atoms with E-state index >= 15 is 8.78 Å². The second-order valence-corrected chi connectivity index (χ2v) is 23.8. The van der Waals surface area contributed by atoms with Crippen molar-refractivity contribution >= 4 is 52.5 Å². The van der Waals surface area contributed by atoms with Gasteiger partial charge in [0.25, 0.3) is 0 Å². The number of carbonyl (C=O) groups is 2. The second kappa shape index (κ2) is 16.8. The van der Waals surface area contributed by atoms with Crippen molar-refractivity contribution in [2.24, 2.45) is 0 Å². The number of nitrogens with zero attached hydrogens (tertiary/aromatic N) is 3. The first-order valence-corrected chi connectivity index (χ1v) is 23.4. The molecule has 16 heteroatoms. The number of aromatic nitrogens is 2. The largest absolute Gasteiger partial charge is 0.450 e. The molecule has 0 spiro atoms. The van der Waals surface area contributed by atoms with Crippen molar-refractivity contribution in [1.82, 2.24) is 19.8 Å². The molecular formula is C38H47ClF2N4O7SSi. The molecule has 1 N–H and O–H groups in total. The zero-order valence-electron chi connectivity index (χ0n) is 31.3. The number of nitrogens with one attached hydrogen (secondary N) is 1. The van der Waals surface area contributed by atoms with E-state index in [-0.39, 0.29) is 60.4 Å². The van der Waals surface area contributed by atoms with Crippen molar-refractivity contribution in [3.63, 3.8) is 0 Å². The summed E-state index contributed by atoms with van der Waals surface area (Å²) in [5, 5.41) is 2.37. The molecule has 1 aliphatic heterocycles. The van der Waals surface area contributed by atoms with Gasteiger partial charge in [-0.3, -0.25) is 4.79 Å². The van der Waals surface area contributed by atoms with E-state index in [9.17, 15) is 18.0 Å². The summed E-state index contributed by atoms with van der Waals surface area (Å²) in [4.78, 5) is 32.7. The quantitative estimate of drug-likeness (QED) is 0.0819. The highest BCUT2D eigenvalue weighted by Gasteiger charge is 2.36. The third kappa shape index (κ3) is 10.6. The van der Waals surface area contributed by atoms with Gasteiger partial charge in [-0.2, -0.15) is 0 Å². The van der Waals surface area contributed by atoms with E-state index in [4.69, 9.17) is 25.8 Å². The number of amides is 2. The lowest BCUT2D eigenvalue weighted by atomic mass is 10.0. The van der Waals surface area contributed by atoms with Crippen molar-refractivity contribution < 1.29 is 41.0 Å². The van der Waals surface area contributed by atoms with E-state index in [0.29, 0.717) is 17.6 Å². The summed E-state index contributed by atoms with van der Waals surface area (Å²) in [5.41, 5.74) is -0.408. The zero-order chi connectivity index (χ0) is 39.4. The molecule has 1 aliphatic rings. The van der Waals surface area contributed by atoms with Crippen molar-refractivity contribution in [2.45, 2.75) is 94.2 Å². The molecule has 2 aromatic heterocycles. The van der Waals surface area contributed by atoms with Gasteiger partial charge in [-0.15, -0.1) is 0 Å². The fourth-order valence-electron chi connectivity index (χ4n) is 6.06. The number of hydrogen-bond acceptors (Lipinski definition) is 8.